The van der Waals surface area contributed by atoms with Crippen LogP contribution in [0, 0.1) is 5.92 Å². The second kappa shape index (κ2) is 8.48. The minimum atomic E-state index is 0.498. The molecule has 1 saturated heterocycles. The van der Waals surface area contributed by atoms with Crippen LogP contribution in [0.4, 0.5) is 0 Å². The normalized spacial score (nSPS) is 22.9. The lowest BCUT2D eigenvalue weighted by Crippen LogP contribution is -2.36. The Kier molecular flexibility index (Phi) is 7.67. The van der Waals surface area contributed by atoms with Crippen LogP contribution in [0.5, 0.6) is 0 Å². The van der Waals surface area contributed by atoms with Crippen LogP contribution in [0.2, 0.25) is 0 Å². The second-order valence-corrected chi connectivity index (χ2v) is 5.44. The summed E-state index contributed by atoms with van der Waals surface area (Å²) in [6, 6.07) is 0. The number of ether oxygens (including phenoxy) is 1. The molecule has 3 heteroatoms. The van der Waals surface area contributed by atoms with Gasteiger partial charge in [-0.05, 0) is 31.7 Å². The Morgan fingerprint density at radius 3 is 2.75 bits per heavy atom. The van der Waals surface area contributed by atoms with Crippen molar-refractivity contribution in [2.75, 3.05) is 31.6 Å². The lowest BCUT2D eigenvalue weighted by Gasteiger charge is -2.27. The maximum atomic E-state index is 5.71. The molecule has 0 aromatic rings. The van der Waals surface area contributed by atoms with E-state index in [0.717, 1.165) is 30.9 Å². The molecule has 16 heavy (non-hydrogen) atoms. The van der Waals surface area contributed by atoms with Crippen LogP contribution in [-0.2, 0) is 4.74 Å². The van der Waals surface area contributed by atoms with E-state index in [-0.39, 0.29) is 0 Å². The Morgan fingerprint density at radius 1 is 1.44 bits per heavy atom. The number of hydrogen-bond acceptors (Lipinski definition) is 2. The first-order chi connectivity index (χ1) is 7.80. The van der Waals surface area contributed by atoms with Crippen LogP contribution in [0.3, 0.4) is 0 Å². The number of nitrogens with zero attached hydrogens (tertiary/aromatic N) is 1. The summed E-state index contributed by atoms with van der Waals surface area (Å²) in [7, 11) is 0. The monoisotopic (exact) mass is 291 g/mol. The van der Waals surface area contributed by atoms with Crippen molar-refractivity contribution in [1.29, 1.82) is 0 Å². The van der Waals surface area contributed by atoms with E-state index >= 15 is 0 Å². The number of alkyl halides is 1. The summed E-state index contributed by atoms with van der Waals surface area (Å²) >= 11 is 3.63. The maximum Gasteiger partial charge on any atom is 0.0702 e. The quantitative estimate of drug-likeness (QED) is 0.636. The summed E-state index contributed by atoms with van der Waals surface area (Å²) in [5.41, 5.74) is 0. The van der Waals surface area contributed by atoms with Gasteiger partial charge in [0.05, 0.1) is 6.10 Å². The van der Waals surface area contributed by atoms with E-state index in [1.54, 1.807) is 0 Å². The van der Waals surface area contributed by atoms with E-state index in [9.17, 15) is 0 Å². The fourth-order valence-electron chi connectivity index (χ4n) is 2.40. The van der Waals surface area contributed by atoms with E-state index in [4.69, 9.17) is 4.74 Å². The van der Waals surface area contributed by atoms with Crippen molar-refractivity contribution >= 4 is 15.9 Å². The molecule has 0 aromatic carbocycles. The van der Waals surface area contributed by atoms with Gasteiger partial charge >= 0.3 is 0 Å². The Morgan fingerprint density at radius 2 is 2.25 bits per heavy atom. The standard InChI is InChI=1S/C13H26BrNO/c1-3-6-12(9-14)10-15(4-2)11-13-7-5-8-16-13/h12-13H,3-11H2,1-2H3. The Balaban J connectivity index is 2.28. The molecule has 96 valence electrons. The molecule has 1 heterocycles. The van der Waals surface area contributed by atoms with Gasteiger partial charge in [-0.1, -0.05) is 36.2 Å². The molecule has 0 saturated carbocycles. The lowest BCUT2D eigenvalue weighted by atomic mass is 10.1. The third-order valence-electron chi connectivity index (χ3n) is 3.36. The fraction of sp³-hybridized carbons (Fsp3) is 1.00. The first kappa shape index (κ1) is 14.5. The van der Waals surface area contributed by atoms with Crippen molar-refractivity contribution in [3.8, 4) is 0 Å². The van der Waals surface area contributed by atoms with Gasteiger partial charge < -0.3 is 9.64 Å². The van der Waals surface area contributed by atoms with Crippen molar-refractivity contribution in [3.63, 3.8) is 0 Å². The SMILES string of the molecule is CCCC(CBr)CN(CC)CC1CCCO1. The van der Waals surface area contributed by atoms with Gasteiger partial charge in [-0.2, -0.15) is 0 Å². The minimum absolute atomic E-state index is 0.498. The lowest BCUT2D eigenvalue weighted by molar-refractivity contribution is 0.0701. The third-order valence-corrected chi connectivity index (χ3v) is 4.28. The van der Waals surface area contributed by atoms with Gasteiger partial charge in [0.25, 0.3) is 0 Å². The second-order valence-electron chi connectivity index (χ2n) is 4.80. The van der Waals surface area contributed by atoms with Crippen LogP contribution in [0.15, 0.2) is 0 Å². The van der Waals surface area contributed by atoms with Crippen LogP contribution in [-0.4, -0.2) is 42.6 Å². The molecule has 0 N–H and O–H groups in total. The molecule has 0 amide bonds. The Bertz CT molecular complexity index is 171. The molecular weight excluding hydrogens is 266 g/mol. The molecule has 0 bridgehead atoms. The van der Waals surface area contributed by atoms with Crippen LogP contribution < -0.4 is 0 Å². The molecule has 1 fully saturated rings. The predicted molar refractivity (Wildman–Crippen MR) is 73.3 cm³/mol. The molecule has 2 nitrogen and oxygen atoms in total. The average Bonchev–Trinajstić information content (AvgIpc) is 2.80. The zero-order valence-corrected chi connectivity index (χ0v) is 12.3. The molecule has 0 aliphatic carbocycles. The minimum Gasteiger partial charge on any atom is -0.377 e. The summed E-state index contributed by atoms with van der Waals surface area (Å²) in [4.78, 5) is 2.55. The van der Waals surface area contributed by atoms with E-state index in [2.05, 4.69) is 34.7 Å². The smallest absolute Gasteiger partial charge is 0.0702 e. The van der Waals surface area contributed by atoms with Crippen molar-refractivity contribution in [2.24, 2.45) is 5.92 Å². The van der Waals surface area contributed by atoms with E-state index in [1.165, 1.54) is 32.2 Å². The van der Waals surface area contributed by atoms with Gasteiger partial charge in [0.15, 0.2) is 0 Å². The number of halogens is 1. The number of rotatable bonds is 8. The molecule has 0 radical (unpaired) electrons. The summed E-state index contributed by atoms with van der Waals surface area (Å²) in [5, 5.41) is 1.13. The van der Waals surface area contributed by atoms with Gasteiger partial charge in [-0.15, -0.1) is 0 Å². The zero-order chi connectivity index (χ0) is 11.8. The summed E-state index contributed by atoms with van der Waals surface area (Å²) in [6.07, 6.45) is 5.61. The van der Waals surface area contributed by atoms with Gasteiger partial charge in [-0.3, -0.25) is 0 Å². The van der Waals surface area contributed by atoms with Crippen LogP contribution in [0.1, 0.15) is 39.5 Å². The average molecular weight is 292 g/mol. The highest BCUT2D eigenvalue weighted by Gasteiger charge is 2.20. The molecular formula is C13H26BrNO. The Labute approximate surface area is 109 Å². The van der Waals surface area contributed by atoms with Crippen LogP contribution >= 0.6 is 15.9 Å². The molecule has 2 unspecified atom stereocenters. The van der Waals surface area contributed by atoms with Gasteiger partial charge in [0.1, 0.15) is 0 Å². The highest BCUT2D eigenvalue weighted by Crippen LogP contribution is 2.16. The van der Waals surface area contributed by atoms with Crippen molar-refractivity contribution in [1.82, 2.24) is 4.90 Å². The third kappa shape index (κ3) is 5.15. The fourth-order valence-corrected chi connectivity index (χ4v) is 2.93. The van der Waals surface area contributed by atoms with Crippen molar-refractivity contribution in [3.05, 3.63) is 0 Å². The summed E-state index contributed by atoms with van der Waals surface area (Å²) < 4.78 is 5.71. The maximum absolute atomic E-state index is 5.71. The van der Waals surface area contributed by atoms with Crippen molar-refractivity contribution in [2.45, 2.75) is 45.6 Å². The van der Waals surface area contributed by atoms with E-state index in [0.29, 0.717) is 6.10 Å². The molecule has 1 aliphatic heterocycles. The number of likely N-dealkylation sites (N-methyl/N-ethyl adjacent to an activating group) is 1. The Hall–Kier alpha value is 0.400. The molecule has 2 atom stereocenters. The van der Waals surface area contributed by atoms with Gasteiger partial charge in [0.2, 0.25) is 0 Å². The van der Waals surface area contributed by atoms with Crippen LogP contribution in [0.25, 0.3) is 0 Å². The first-order valence-electron chi connectivity index (χ1n) is 6.70. The van der Waals surface area contributed by atoms with E-state index in [1.807, 2.05) is 0 Å². The zero-order valence-electron chi connectivity index (χ0n) is 10.8. The predicted octanol–water partition coefficient (Wildman–Crippen LogP) is 3.30. The van der Waals surface area contributed by atoms with E-state index < -0.39 is 0 Å². The van der Waals surface area contributed by atoms with Gasteiger partial charge in [0, 0.05) is 25.0 Å². The summed E-state index contributed by atoms with van der Waals surface area (Å²) in [5.74, 6) is 0.798. The number of hydrogen-bond donors (Lipinski definition) is 0. The highest BCUT2D eigenvalue weighted by atomic mass is 79.9. The topological polar surface area (TPSA) is 12.5 Å². The molecule has 0 spiro atoms. The largest absolute Gasteiger partial charge is 0.377 e. The molecule has 0 aromatic heterocycles. The van der Waals surface area contributed by atoms with Crippen molar-refractivity contribution < 1.29 is 4.74 Å². The molecule has 1 aliphatic rings. The first-order valence-corrected chi connectivity index (χ1v) is 7.82. The molecule has 1 rings (SSSR count). The summed E-state index contributed by atoms with van der Waals surface area (Å²) in [6.45, 7) is 8.99. The highest BCUT2D eigenvalue weighted by molar-refractivity contribution is 9.09. The van der Waals surface area contributed by atoms with Gasteiger partial charge in [-0.25, -0.2) is 0 Å².